The van der Waals surface area contributed by atoms with Crippen LogP contribution in [0.5, 0.6) is 0 Å². The van der Waals surface area contributed by atoms with E-state index >= 15 is 0 Å². The van der Waals surface area contributed by atoms with Crippen LogP contribution in [0.3, 0.4) is 0 Å². The van der Waals surface area contributed by atoms with Crippen LogP contribution in [0.15, 0.2) is 79.5 Å². The zero-order valence-electron chi connectivity index (χ0n) is 39.4. The number of hydrogen-bond acceptors (Lipinski definition) is 19. The molecule has 3 aromatic carbocycles. The maximum atomic E-state index is 14.1. The second-order valence-electron chi connectivity index (χ2n) is 18.3. The molecule has 9 aromatic rings. The van der Waals surface area contributed by atoms with Crippen LogP contribution in [-0.2, 0) is 23.8 Å². The highest BCUT2D eigenvalue weighted by Crippen LogP contribution is 2.61. The number of fused-ring (bicyclic) bond motifs is 10. The van der Waals surface area contributed by atoms with Gasteiger partial charge in [0.2, 0.25) is 0 Å². The van der Waals surface area contributed by atoms with Crippen molar-refractivity contribution < 1.29 is 9.59 Å². The Morgan fingerprint density at radius 1 is 0.545 bits per heavy atom. The van der Waals surface area contributed by atoms with E-state index < -0.39 is 17.0 Å². The monoisotopic (exact) mass is 1100 g/mol. The van der Waals surface area contributed by atoms with Crippen LogP contribution in [0.4, 0.5) is 11.4 Å². The molecule has 0 spiro atoms. The number of ketones is 2. The Hall–Kier alpha value is -9.88. The first-order valence-corrected chi connectivity index (χ1v) is 27.3. The van der Waals surface area contributed by atoms with Crippen molar-refractivity contribution in [1.29, 1.82) is 42.1 Å². The Morgan fingerprint density at radius 3 is 1.49 bits per heavy atom. The van der Waals surface area contributed by atoms with Gasteiger partial charge < -0.3 is 4.57 Å². The van der Waals surface area contributed by atoms with E-state index in [0.29, 0.717) is 27.3 Å². The van der Waals surface area contributed by atoms with E-state index in [4.69, 9.17) is 17.5 Å². The molecule has 0 atom stereocenters. The molecule has 77 heavy (non-hydrogen) atoms. The van der Waals surface area contributed by atoms with Gasteiger partial charge in [-0.3, -0.25) is 9.59 Å². The van der Waals surface area contributed by atoms with Gasteiger partial charge in [-0.25, -0.2) is 0 Å². The van der Waals surface area contributed by atoms with Crippen molar-refractivity contribution >= 4 is 146 Å². The summed E-state index contributed by atoms with van der Waals surface area (Å²) in [6.07, 6.45) is 3.35. The molecule has 21 heteroatoms. The van der Waals surface area contributed by atoms with Crippen molar-refractivity contribution in [3.05, 3.63) is 136 Å². The zero-order valence-corrected chi connectivity index (χ0v) is 44.3. The number of rotatable bonds is 4. The van der Waals surface area contributed by atoms with E-state index in [1.54, 1.807) is 34.8 Å². The Labute approximate surface area is 458 Å². The molecule has 13 rings (SSSR count). The molecular weight excluding hydrogens is 1080 g/mol. The van der Waals surface area contributed by atoms with Crippen molar-refractivity contribution in [2.75, 3.05) is 0 Å². The maximum Gasteiger partial charge on any atom is 0.194 e. The second-order valence-corrected chi connectivity index (χ2v) is 23.7. The number of Topliss-reactive ketones (excluding diaryl/α,β-unsaturated/α-hetero) is 2. The highest BCUT2D eigenvalue weighted by atomic mass is 32.1. The van der Waals surface area contributed by atoms with Crippen molar-refractivity contribution in [2.45, 2.75) is 19.3 Å². The van der Waals surface area contributed by atoms with Gasteiger partial charge in [-0.1, -0.05) is 13.8 Å². The normalized spacial score (nSPS) is 15.1. The first-order valence-electron chi connectivity index (χ1n) is 22.6. The minimum Gasteiger partial charge on any atom is -0.342 e. The van der Waals surface area contributed by atoms with Crippen molar-refractivity contribution in [3.8, 4) is 79.2 Å². The van der Waals surface area contributed by atoms with Gasteiger partial charge >= 0.3 is 0 Å². The predicted octanol–water partition coefficient (Wildman–Crippen LogP) is 13.6. The molecule has 0 fully saturated rings. The van der Waals surface area contributed by atoms with E-state index in [0.717, 1.165) is 90.2 Å². The smallest absolute Gasteiger partial charge is 0.194 e. The number of carbonyl (C=O) groups is 2. The summed E-state index contributed by atoms with van der Waals surface area (Å²) in [6.45, 7) is 4.29. The number of hydrogen-bond donors (Lipinski definition) is 0. The fourth-order valence-corrected chi connectivity index (χ4v) is 17.0. The number of nitriles is 8. The molecule has 3 aliphatic carbocycles. The van der Waals surface area contributed by atoms with Crippen LogP contribution in [-0.4, -0.2) is 24.9 Å². The molecule has 0 N–H and O–H groups in total. The fraction of sp³-hybridized carbons (Fsp3) is 0.0714. The summed E-state index contributed by atoms with van der Waals surface area (Å²) < 4.78 is 23.6. The van der Waals surface area contributed by atoms with Gasteiger partial charge in [0.1, 0.15) is 82.1 Å². The van der Waals surface area contributed by atoms with Gasteiger partial charge in [0.05, 0.1) is 65.8 Å². The topological polar surface area (TPSA) is 280 Å². The molecule has 7 heterocycles. The van der Waals surface area contributed by atoms with Gasteiger partial charge in [-0.2, -0.15) is 59.6 Å². The number of thiophene rings is 4. The largest absolute Gasteiger partial charge is 0.342 e. The Kier molecular flexibility index (Phi) is 10.2. The minimum atomic E-state index is -0.474. The molecule has 0 saturated carbocycles. The van der Waals surface area contributed by atoms with Crippen LogP contribution in [0.2, 0.25) is 0 Å². The van der Waals surface area contributed by atoms with E-state index in [2.05, 4.69) is 30.5 Å². The number of nitrogens with zero attached hydrogens (tertiary/aromatic N) is 13. The molecule has 0 radical (unpaired) electrons. The molecule has 4 aliphatic rings. The molecule has 0 saturated heterocycles. The van der Waals surface area contributed by atoms with E-state index in [1.165, 1.54) is 46.9 Å². The quantitative estimate of drug-likeness (QED) is 0.117. The van der Waals surface area contributed by atoms with Gasteiger partial charge in [-0.05, 0) is 82.9 Å². The number of aryl methyl sites for hydroxylation is 1. The van der Waals surface area contributed by atoms with E-state index in [-0.39, 0.29) is 77.9 Å². The third-order valence-corrected chi connectivity index (χ3v) is 20.0. The average Bonchev–Trinajstić information content (AvgIpc) is 4.51. The second kappa shape index (κ2) is 16.8. The molecule has 0 unspecified atom stereocenters. The number of benzene rings is 3. The minimum absolute atomic E-state index is 0.0224. The summed E-state index contributed by atoms with van der Waals surface area (Å²) in [7, 11) is 1.96. The third-order valence-electron chi connectivity index (χ3n) is 14.2. The summed E-state index contributed by atoms with van der Waals surface area (Å²) in [4.78, 5) is 33.4. The number of allylic oxidation sites excluding steroid dienone is 6. The lowest BCUT2D eigenvalue weighted by atomic mass is 9.83. The average molecular weight is 1100 g/mol. The molecule has 15 nitrogen and oxygen atoms in total. The first kappa shape index (κ1) is 46.9. The van der Waals surface area contributed by atoms with Gasteiger partial charge in [-0.15, -0.1) is 45.3 Å². The highest BCUT2D eigenvalue weighted by Gasteiger charge is 2.42. The summed E-state index contributed by atoms with van der Waals surface area (Å²) in [5, 5.41) is 78.9. The lowest BCUT2D eigenvalue weighted by Gasteiger charge is -2.19. The van der Waals surface area contributed by atoms with E-state index in [1.807, 2.05) is 67.7 Å². The summed E-state index contributed by atoms with van der Waals surface area (Å²) in [6, 6.07) is 29.3. The fourth-order valence-electron chi connectivity index (χ4n) is 10.6. The summed E-state index contributed by atoms with van der Waals surface area (Å²) in [5.74, 6) is -0.905. The third kappa shape index (κ3) is 6.40. The molecule has 1 aliphatic heterocycles. The standard InChI is InChI=1S/C56H19N13O2S6/c1-56(2)36-10-28(8-34-42(26(18-61)19-62)30-4-22(14-57)24(16-59)6-32(30)50(34)70)72-52(36)53-37(56)12-40(74-53)44-46-48(67-76-65-46)45(49-47(44)66-77-68-49)41-13-39-55(75-41)54-38(69(39)3)11-29(73-54)9-35-43(27(20-63)21-64)31-5-23(15-58)25(17-60)7-33(31)51(35)71/h4-13H,1-3H3/b34-8-,35-9-. The van der Waals surface area contributed by atoms with Crippen molar-refractivity contribution in [1.82, 2.24) is 13.3 Å². The maximum absolute atomic E-state index is 14.1. The van der Waals surface area contributed by atoms with Gasteiger partial charge in [0, 0.05) is 86.3 Å². The Morgan fingerprint density at radius 2 is 0.987 bits per heavy atom. The van der Waals surface area contributed by atoms with Gasteiger partial charge in [0.25, 0.3) is 0 Å². The van der Waals surface area contributed by atoms with Crippen LogP contribution in [0.1, 0.15) is 88.8 Å². The molecule has 0 amide bonds. The van der Waals surface area contributed by atoms with Crippen molar-refractivity contribution in [2.24, 2.45) is 15.8 Å². The van der Waals surface area contributed by atoms with Crippen LogP contribution < -0.4 is 0 Å². The van der Waals surface area contributed by atoms with Crippen LogP contribution >= 0.6 is 57.1 Å². The summed E-state index contributed by atoms with van der Waals surface area (Å²) >= 11 is 8.32. The number of aromatic nitrogens is 3. The molecule has 6 aromatic heterocycles. The molecule has 356 valence electrons. The van der Waals surface area contributed by atoms with E-state index in [9.17, 15) is 51.7 Å². The SMILES string of the molecule is Cn1c2cc(/C=C3\C(=O)c4cc(C#N)c(C#N)cc4C3=C(C#N)C#N)sc2c2sc(-c3c4c(c(-c5cc6c(s5)-c5sc(/C=C7\C(=O)c8cc(C#N)c(C#N)cc8C7=C(C#N)C#N)cc5C6(C)C)c5nsnc35)N=S=N4)cc21. The first-order chi connectivity index (χ1) is 37.3. The Bertz CT molecular complexity index is 5010. The molecule has 0 bridgehead atoms. The number of carbonyl (C=O) groups excluding carboxylic acids is 2. The highest BCUT2D eigenvalue weighted by molar-refractivity contribution is 7.58. The predicted molar refractivity (Wildman–Crippen MR) is 296 cm³/mol. The Balaban J connectivity index is 0.888. The lowest BCUT2D eigenvalue weighted by Crippen LogP contribution is -2.13. The zero-order chi connectivity index (χ0) is 53.5. The van der Waals surface area contributed by atoms with Crippen LogP contribution in [0, 0.1) is 90.6 Å². The van der Waals surface area contributed by atoms with Crippen LogP contribution in [0.25, 0.3) is 85.4 Å². The van der Waals surface area contributed by atoms with Gasteiger partial charge in [0.15, 0.2) is 11.6 Å². The lowest BCUT2D eigenvalue weighted by molar-refractivity contribution is 0.103. The summed E-state index contributed by atoms with van der Waals surface area (Å²) in [5.41, 5.74) is 8.78. The molecular formula is C56H19N13O2S6. The van der Waals surface area contributed by atoms with Crippen molar-refractivity contribution in [3.63, 3.8) is 0 Å².